The molecular formula is C26H25P. The molecule has 0 spiro atoms. The molecule has 0 aliphatic rings. The average molecular weight is 368 g/mol. The molecule has 0 heterocycles. The molecular weight excluding hydrogens is 343 g/mol. The molecule has 0 unspecified atom stereocenters. The fraction of sp³-hybridized carbons (Fsp3) is 0.0769. The van der Waals surface area contributed by atoms with Crippen LogP contribution in [0.15, 0.2) is 121 Å². The van der Waals surface area contributed by atoms with Crippen LogP contribution in [0.3, 0.4) is 0 Å². The van der Waals surface area contributed by atoms with E-state index in [9.17, 15) is 0 Å². The fourth-order valence-electron chi connectivity index (χ4n) is 4.08. The van der Waals surface area contributed by atoms with E-state index in [1.165, 1.54) is 21.5 Å². The maximum atomic E-state index is 2.33. The summed E-state index contributed by atoms with van der Waals surface area (Å²) in [6, 6.07) is 44.3. The van der Waals surface area contributed by atoms with Crippen LogP contribution < -0.4 is 15.9 Å². The summed E-state index contributed by atoms with van der Waals surface area (Å²) in [5, 5.41) is 4.45. The minimum absolute atomic E-state index is 1.09. The summed E-state index contributed by atoms with van der Waals surface area (Å²) >= 11 is 0. The summed E-state index contributed by atoms with van der Waals surface area (Å²) in [7, 11) is -2.11. The van der Waals surface area contributed by atoms with Crippen molar-refractivity contribution in [2.75, 3.05) is 6.16 Å². The molecule has 0 saturated carbocycles. The molecule has 134 valence electrons. The van der Waals surface area contributed by atoms with Crippen molar-refractivity contribution in [1.82, 2.24) is 0 Å². The van der Waals surface area contributed by atoms with E-state index in [4.69, 9.17) is 0 Å². The molecule has 0 radical (unpaired) electrons. The van der Waals surface area contributed by atoms with Crippen LogP contribution in [0.2, 0.25) is 0 Å². The Balaban J connectivity index is 1.89. The molecule has 0 nitrogen and oxygen atoms in total. The monoisotopic (exact) mass is 368 g/mol. The van der Waals surface area contributed by atoms with Crippen molar-refractivity contribution < 1.29 is 0 Å². The van der Waals surface area contributed by atoms with Crippen molar-refractivity contribution in [1.29, 1.82) is 0 Å². The number of rotatable bonds is 6. The van der Waals surface area contributed by atoms with E-state index < -0.39 is 7.26 Å². The van der Waals surface area contributed by atoms with Crippen molar-refractivity contribution in [3.05, 3.63) is 127 Å². The second kappa shape index (κ2) is 8.33. The molecule has 27 heavy (non-hydrogen) atoms. The quantitative estimate of drug-likeness (QED) is 0.422. The van der Waals surface area contributed by atoms with Gasteiger partial charge >= 0.3 is 163 Å². The molecule has 0 amide bonds. The second-order valence-corrected chi connectivity index (χ2v) is 11.0. The van der Waals surface area contributed by atoms with Crippen molar-refractivity contribution in [3.8, 4) is 0 Å². The van der Waals surface area contributed by atoms with Gasteiger partial charge in [-0.15, -0.1) is 0 Å². The van der Waals surface area contributed by atoms with E-state index in [0.717, 1.165) is 12.6 Å². The normalized spacial score (nSPS) is 11.9. The van der Waals surface area contributed by atoms with Crippen molar-refractivity contribution in [2.45, 2.75) is 6.42 Å². The van der Waals surface area contributed by atoms with Crippen LogP contribution in [0.1, 0.15) is 5.56 Å². The Morgan fingerprint density at radius 3 is 1.11 bits per heavy atom. The van der Waals surface area contributed by atoms with Crippen LogP contribution in [0.4, 0.5) is 0 Å². The standard InChI is InChI=1S/C26H25P/c1-5-13-23(14-6-1)21-22-27(24-15-7-2-8-16-24,25-17-9-3-10-18-25)26-19-11-4-12-20-26/h1-20,27H,21-22H2. The predicted molar refractivity (Wildman–Crippen MR) is 122 cm³/mol. The molecule has 1 heteroatoms. The van der Waals surface area contributed by atoms with Gasteiger partial charge in [-0.25, -0.2) is 0 Å². The first-order chi connectivity index (χ1) is 13.4. The molecule has 0 bridgehead atoms. The summed E-state index contributed by atoms with van der Waals surface area (Å²) in [5.74, 6) is 0. The summed E-state index contributed by atoms with van der Waals surface area (Å²) in [6.45, 7) is 0. The van der Waals surface area contributed by atoms with Crippen LogP contribution in [0, 0.1) is 0 Å². The summed E-state index contributed by atoms with van der Waals surface area (Å²) in [5.41, 5.74) is 1.41. The van der Waals surface area contributed by atoms with E-state index >= 15 is 0 Å². The molecule has 0 N–H and O–H groups in total. The van der Waals surface area contributed by atoms with Crippen molar-refractivity contribution in [2.24, 2.45) is 0 Å². The first-order valence-electron chi connectivity index (χ1n) is 9.60. The SMILES string of the molecule is c1ccc(CC[PH](c2ccccc2)(c2ccccc2)c2ccccc2)cc1. The second-order valence-electron chi connectivity index (χ2n) is 6.99. The zero-order chi connectivity index (χ0) is 18.4. The first kappa shape index (κ1) is 17.7. The average Bonchev–Trinajstić information content (AvgIpc) is 2.77. The Hall–Kier alpha value is -2.69. The topological polar surface area (TPSA) is 0 Å². The van der Waals surface area contributed by atoms with Gasteiger partial charge < -0.3 is 0 Å². The molecule has 0 aliphatic carbocycles. The Morgan fingerprint density at radius 1 is 0.407 bits per heavy atom. The molecule has 0 saturated heterocycles. The van der Waals surface area contributed by atoms with Crippen molar-refractivity contribution >= 4 is 23.2 Å². The third-order valence-corrected chi connectivity index (χ3v) is 10.4. The van der Waals surface area contributed by atoms with E-state index in [2.05, 4.69) is 121 Å². The summed E-state index contributed by atoms with van der Waals surface area (Å²) in [4.78, 5) is 0. The maximum absolute atomic E-state index is 2.33. The number of hydrogen-bond donors (Lipinski definition) is 0. The summed E-state index contributed by atoms with van der Waals surface area (Å²) < 4.78 is 0. The minimum atomic E-state index is -2.11. The Kier molecular flexibility index (Phi) is 5.47. The van der Waals surface area contributed by atoms with Crippen molar-refractivity contribution in [3.63, 3.8) is 0 Å². The van der Waals surface area contributed by atoms with Gasteiger partial charge in [-0.3, -0.25) is 0 Å². The molecule has 0 aromatic heterocycles. The molecule has 0 fully saturated rings. The van der Waals surface area contributed by atoms with Gasteiger partial charge in [0, 0.05) is 0 Å². The third-order valence-electron chi connectivity index (χ3n) is 5.43. The Morgan fingerprint density at radius 2 is 0.741 bits per heavy atom. The van der Waals surface area contributed by atoms with Crippen LogP contribution in [0.5, 0.6) is 0 Å². The van der Waals surface area contributed by atoms with E-state index in [1.807, 2.05) is 0 Å². The van der Waals surface area contributed by atoms with Crippen LogP contribution in [-0.4, -0.2) is 6.16 Å². The zero-order valence-corrected chi connectivity index (χ0v) is 16.5. The third kappa shape index (κ3) is 3.72. The van der Waals surface area contributed by atoms with Crippen LogP contribution >= 0.6 is 7.26 Å². The molecule has 0 aliphatic heterocycles. The molecule has 0 atom stereocenters. The van der Waals surface area contributed by atoms with Gasteiger partial charge in [0.15, 0.2) is 0 Å². The Bertz CT molecular complexity index is 851. The molecule has 4 aromatic rings. The van der Waals surface area contributed by atoms with Gasteiger partial charge in [-0.2, -0.15) is 0 Å². The molecule has 4 aromatic carbocycles. The molecule has 4 rings (SSSR count). The number of aryl methyl sites for hydroxylation is 1. The van der Waals surface area contributed by atoms with E-state index in [0.29, 0.717) is 0 Å². The Labute approximate surface area is 162 Å². The van der Waals surface area contributed by atoms with Gasteiger partial charge in [-0.05, 0) is 0 Å². The van der Waals surface area contributed by atoms with Crippen LogP contribution in [-0.2, 0) is 6.42 Å². The first-order valence-corrected chi connectivity index (χ1v) is 11.8. The summed E-state index contributed by atoms with van der Waals surface area (Å²) in [6.07, 6.45) is 2.25. The predicted octanol–water partition coefficient (Wildman–Crippen LogP) is 4.96. The van der Waals surface area contributed by atoms with E-state index in [-0.39, 0.29) is 0 Å². The van der Waals surface area contributed by atoms with Gasteiger partial charge in [0.25, 0.3) is 0 Å². The van der Waals surface area contributed by atoms with Gasteiger partial charge in [0.2, 0.25) is 0 Å². The fourth-order valence-corrected chi connectivity index (χ4v) is 8.89. The van der Waals surface area contributed by atoms with Gasteiger partial charge in [0.05, 0.1) is 0 Å². The zero-order valence-electron chi connectivity index (χ0n) is 15.5. The van der Waals surface area contributed by atoms with E-state index in [1.54, 1.807) is 0 Å². The van der Waals surface area contributed by atoms with Crippen LogP contribution in [0.25, 0.3) is 0 Å². The van der Waals surface area contributed by atoms with Gasteiger partial charge in [-0.1, -0.05) is 0 Å². The van der Waals surface area contributed by atoms with Gasteiger partial charge in [0.1, 0.15) is 0 Å². The number of hydrogen-bond acceptors (Lipinski definition) is 0. The number of benzene rings is 4.